The molecule has 9 nitrogen and oxygen atoms in total. The number of ether oxygens (including phenoxy) is 4. The Balaban J connectivity index is 2.16. The fourth-order valence-corrected chi connectivity index (χ4v) is 5.32. The standard InChI is InChI=1S/C31H50O9/c1-9-24(37-8)21(5)29-30(40-29)27(35)18(2)11-10-12-19(3)28-20(4)13-14-25(38-22(6)32)31(7,36)16-15-23(33)17-26(34)39-28/h10-14,18,20-21,23-25,27-30,33,35-36H,9,15-17H2,1-8H3/b11-10+,14-13+,19-12+/t18-,20+,21-,23-,24+,25+,27-,28-,29-,30-,31-/m1/s1. The molecule has 40 heavy (non-hydrogen) atoms. The molecule has 1 fully saturated rings. The summed E-state index contributed by atoms with van der Waals surface area (Å²) in [5.41, 5.74) is -0.666. The molecule has 0 radical (unpaired) electrons. The van der Waals surface area contributed by atoms with Gasteiger partial charge >= 0.3 is 11.9 Å². The summed E-state index contributed by atoms with van der Waals surface area (Å²) < 4.78 is 22.5. The van der Waals surface area contributed by atoms with E-state index in [0.29, 0.717) is 0 Å². The smallest absolute Gasteiger partial charge is 0.309 e. The third kappa shape index (κ3) is 9.80. The van der Waals surface area contributed by atoms with Crippen LogP contribution in [-0.4, -0.2) is 82.7 Å². The summed E-state index contributed by atoms with van der Waals surface area (Å²) in [6.07, 6.45) is 6.42. The van der Waals surface area contributed by atoms with Gasteiger partial charge in [0.25, 0.3) is 0 Å². The molecular formula is C31H50O9. The number of hydrogen-bond acceptors (Lipinski definition) is 9. The number of carbonyl (C=O) groups is 2. The van der Waals surface area contributed by atoms with Gasteiger partial charge in [-0.15, -0.1) is 0 Å². The molecule has 2 rings (SSSR count). The topological polar surface area (TPSA) is 135 Å². The van der Waals surface area contributed by atoms with Crippen LogP contribution in [0.25, 0.3) is 0 Å². The summed E-state index contributed by atoms with van der Waals surface area (Å²) in [6, 6.07) is 0. The van der Waals surface area contributed by atoms with Gasteiger partial charge in [0, 0.05) is 31.8 Å². The molecule has 0 aromatic rings. The molecule has 0 unspecified atom stereocenters. The number of epoxide rings is 1. The Hall–Kier alpha value is -2.04. The van der Waals surface area contributed by atoms with Crippen molar-refractivity contribution in [2.75, 3.05) is 7.11 Å². The fourth-order valence-electron chi connectivity index (χ4n) is 5.32. The molecule has 0 bridgehead atoms. The molecule has 9 heteroatoms. The molecule has 2 heterocycles. The average molecular weight is 567 g/mol. The summed E-state index contributed by atoms with van der Waals surface area (Å²) in [6.45, 7) is 12.6. The third-order valence-electron chi connectivity index (χ3n) is 8.09. The van der Waals surface area contributed by atoms with Crippen LogP contribution in [0.15, 0.2) is 36.0 Å². The lowest BCUT2D eigenvalue weighted by molar-refractivity contribution is -0.157. The molecule has 0 saturated carbocycles. The minimum atomic E-state index is -1.42. The number of rotatable bonds is 10. The SMILES string of the molecule is CC[C@H](OC)[C@@H](C)[C@H]1O[C@@H]1[C@H](O)[C@H](C)/C=C/C=C(\C)[C@H]1OC(=O)C[C@H](O)CC[C@@](C)(O)[C@@H](OC(C)=O)/C=C/[C@@H]1C. The van der Waals surface area contributed by atoms with Crippen LogP contribution >= 0.6 is 0 Å². The van der Waals surface area contributed by atoms with E-state index < -0.39 is 42.0 Å². The monoisotopic (exact) mass is 566 g/mol. The first-order chi connectivity index (χ1) is 18.7. The second-order valence-electron chi connectivity index (χ2n) is 11.7. The van der Waals surface area contributed by atoms with Crippen LogP contribution in [0.4, 0.5) is 0 Å². The fraction of sp³-hybridized carbons (Fsp3) is 0.742. The number of methoxy groups -OCH3 is 1. The van der Waals surface area contributed by atoms with E-state index in [2.05, 4.69) is 13.8 Å². The molecule has 228 valence electrons. The lowest BCUT2D eigenvalue weighted by Crippen LogP contribution is -2.42. The van der Waals surface area contributed by atoms with Crippen LogP contribution in [0, 0.1) is 17.8 Å². The van der Waals surface area contributed by atoms with Crippen molar-refractivity contribution < 1.29 is 43.9 Å². The van der Waals surface area contributed by atoms with E-state index in [0.717, 1.165) is 12.0 Å². The highest BCUT2D eigenvalue weighted by atomic mass is 16.6. The van der Waals surface area contributed by atoms with Gasteiger partial charge < -0.3 is 34.3 Å². The van der Waals surface area contributed by atoms with Gasteiger partial charge in [0.15, 0.2) is 0 Å². The maximum atomic E-state index is 12.6. The Kier molecular flexibility index (Phi) is 13.0. The molecule has 0 aromatic carbocycles. The maximum absolute atomic E-state index is 12.6. The zero-order chi connectivity index (χ0) is 30.2. The van der Waals surface area contributed by atoms with Gasteiger partial charge in [0.1, 0.15) is 23.9 Å². The van der Waals surface area contributed by atoms with Crippen LogP contribution in [0.3, 0.4) is 0 Å². The van der Waals surface area contributed by atoms with Gasteiger partial charge in [-0.1, -0.05) is 52.0 Å². The van der Waals surface area contributed by atoms with Gasteiger partial charge in [0.05, 0.1) is 30.8 Å². The van der Waals surface area contributed by atoms with E-state index in [4.69, 9.17) is 18.9 Å². The predicted molar refractivity (Wildman–Crippen MR) is 151 cm³/mol. The van der Waals surface area contributed by atoms with Gasteiger partial charge in [-0.3, -0.25) is 9.59 Å². The molecule has 0 amide bonds. The van der Waals surface area contributed by atoms with Gasteiger partial charge in [-0.2, -0.15) is 0 Å². The van der Waals surface area contributed by atoms with Crippen molar-refractivity contribution in [1.29, 1.82) is 0 Å². The van der Waals surface area contributed by atoms with Crippen LogP contribution in [0.2, 0.25) is 0 Å². The molecule has 2 aliphatic rings. The summed E-state index contributed by atoms with van der Waals surface area (Å²) in [5.74, 6) is -1.39. The Bertz CT molecular complexity index is 920. The highest BCUT2D eigenvalue weighted by Gasteiger charge is 2.50. The van der Waals surface area contributed by atoms with Crippen LogP contribution in [0.1, 0.15) is 74.1 Å². The second kappa shape index (κ2) is 15.3. The van der Waals surface area contributed by atoms with E-state index in [1.807, 2.05) is 39.0 Å². The minimum absolute atomic E-state index is 0.0387. The van der Waals surface area contributed by atoms with E-state index in [-0.39, 0.29) is 55.3 Å². The maximum Gasteiger partial charge on any atom is 0.309 e. The van der Waals surface area contributed by atoms with Crippen molar-refractivity contribution in [3.8, 4) is 0 Å². The molecule has 3 N–H and O–H groups in total. The summed E-state index contributed by atoms with van der Waals surface area (Å²) in [7, 11) is 1.69. The molecule has 0 aliphatic carbocycles. The number of esters is 2. The second-order valence-corrected chi connectivity index (χ2v) is 11.7. The highest BCUT2D eigenvalue weighted by Crippen LogP contribution is 2.37. The van der Waals surface area contributed by atoms with E-state index in [1.165, 1.54) is 6.92 Å². The van der Waals surface area contributed by atoms with Gasteiger partial charge in [0.2, 0.25) is 0 Å². The first-order valence-corrected chi connectivity index (χ1v) is 14.4. The zero-order valence-corrected chi connectivity index (χ0v) is 25.3. The first kappa shape index (κ1) is 34.2. The van der Waals surface area contributed by atoms with Crippen molar-refractivity contribution >= 4 is 11.9 Å². The Morgan fingerprint density at radius 1 is 1.25 bits per heavy atom. The van der Waals surface area contributed by atoms with Crippen molar-refractivity contribution in [2.45, 2.75) is 122 Å². The zero-order valence-electron chi connectivity index (χ0n) is 25.3. The van der Waals surface area contributed by atoms with E-state index >= 15 is 0 Å². The quantitative estimate of drug-likeness (QED) is 0.157. The molecule has 1 saturated heterocycles. The number of allylic oxidation sites excluding steroid dienone is 2. The molecule has 11 atom stereocenters. The van der Waals surface area contributed by atoms with Crippen LogP contribution in [-0.2, 0) is 28.5 Å². The van der Waals surface area contributed by atoms with E-state index in [1.54, 1.807) is 26.2 Å². The largest absolute Gasteiger partial charge is 0.457 e. The average Bonchev–Trinajstić information content (AvgIpc) is 3.68. The van der Waals surface area contributed by atoms with Gasteiger partial charge in [-0.05, 0) is 44.8 Å². The van der Waals surface area contributed by atoms with Gasteiger partial charge in [-0.25, -0.2) is 0 Å². The van der Waals surface area contributed by atoms with Crippen molar-refractivity contribution in [2.24, 2.45) is 17.8 Å². The molecular weight excluding hydrogens is 516 g/mol. The number of aliphatic hydroxyl groups excluding tert-OH is 2. The van der Waals surface area contributed by atoms with Crippen LogP contribution < -0.4 is 0 Å². The predicted octanol–water partition coefficient (Wildman–Crippen LogP) is 3.65. The highest BCUT2D eigenvalue weighted by molar-refractivity contribution is 5.70. The van der Waals surface area contributed by atoms with Crippen molar-refractivity contribution in [1.82, 2.24) is 0 Å². The number of cyclic esters (lactones) is 1. The van der Waals surface area contributed by atoms with E-state index in [9.17, 15) is 24.9 Å². The Labute approximate surface area is 239 Å². The minimum Gasteiger partial charge on any atom is -0.457 e. The normalized spacial score (nSPS) is 36.0. The van der Waals surface area contributed by atoms with Crippen molar-refractivity contribution in [3.63, 3.8) is 0 Å². The summed E-state index contributed by atoms with van der Waals surface area (Å²) in [5, 5.41) is 32.2. The summed E-state index contributed by atoms with van der Waals surface area (Å²) >= 11 is 0. The first-order valence-electron chi connectivity index (χ1n) is 14.4. The van der Waals surface area contributed by atoms with Crippen LogP contribution in [0.5, 0.6) is 0 Å². The van der Waals surface area contributed by atoms with Crippen molar-refractivity contribution in [3.05, 3.63) is 36.0 Å². The molecule has 0 spiro atoms. The Morgan fingerprint density at radius 2 is 1.93 bits per heavy atom. The third-order valence-corrected chi connectivity index (χ3v) is 8.09. The summed E-state index contributed by atoms with van der Waals surface area (Å²) in [4.78, 5) is 24.3. The Morgan fingerprint density at radius 3 is 2.52 bits per heavy atom. The lowest BCUT2D eigenvalue weighted by Gasteiger charge is -2.32. The number of hydrogen-bond donors (Lipinski definition) is 3. The molecule has 0 aromatic heterocycles. The number of aliphatic hydroxyl groups is 3. The molecule has 2 aliphatic heterocycles. The number of carbonyl (C=O) groups excluding carboxylic acids is 2. The lowest BCUT2D eigenvalue weighted by atomic mass is 9.88.